The fraction of sp³-hybridized carbons (Fsp3) is 0.417. The molecular weight excluding hydrogens is 272 g/mol. The zero-order chi connectivity index (χ0) is 13.1. The fourth-order valence-electron chi connectivity index (χ4n) is 2.18. The smallest absolute Gasteiger partial charge is 0.335 e. The number of hydrogen-bond donors (Lipinski definition) is 1. The van der Waals surface area contributed by atoms with Crippen LogP contribution in [0.25, 0.3) is 0 Å². The summed E-state index contributed by atoms with van der Waals surface area (Å²) in [6.07, 6.45) is 2.22. The van der Waals surface area contributed by atoms with Crippen molar-refractivity contribution >= 4 is 24.1 Å². The van der Waals surface area contributed by atoms with Gasteiger partial charge in [-0.15, -0.1) is 12.4 Å². The van der Waals surface area contributed by atoms with Crippen molar-refractivity contribution in [2.24, 2.45) is 0 Å². The van der Waals surface area contributed by atoms with Gasteiger partial charge >= 0.3 is 5.97 Å². The van der Waals surface area contributed by atoms with Crippen LogP contribution >= 0.6 is 12.4 Å². The number of nitro groups is 1. The molecule has 1 fully saturated rings. The Balaban J connectivity index is 0.00000180. The van der Waals surface area contributed by atoms with Gasteiger partial charge < -0.3 is 5.11 Å². The van der Waals surface area contributed by atoms with Crippen LogP contribution in [0.15, 0.2) is 18.2 Å². The predicted molar refractivity (Wildman–Crippen MR) is 71.8 cm³/mol. The van der Waals surface area contributed by atoms with Crippen LogP contribution in [0.2, 0.25) is 0 Å². The van der Waals surface area contributed by atoms with Crippen molar-refractivity contribution in [1.82, 2.24) is 4.90 Å². The Morgan fingerprint density at radius 2 is 2.00 bits per heavy atom. The number of carbonyl (C=O) groups is 1. The van der Waals surface area contributed by atoms with Crippen molar-refractivity contribution in [3.63, 3.8) is 0 Å². The fourth-order valence-corrected chi connectivity index (χ4v) is 2.18. The minimum absolute atomic E-state index is 0. The molecule has 1 aromatic carbocycles. The van der Waals surface area contributed by atoms with E-state index >= 15 is 0 Å². The molecule has 104 valence electrons. The largest absolute Gasteiger partial charge is 0.478 e. The Kier molecular flexibility index (Phi) is 5.26. The zero-order valence-corrected chi connectivity index (χ0v) is 11.1. The van der Waals surface area contributed by atoms with Gasteiger partial charge in [0.1, 0.15) is 0 Å². The second-order valence-corrected chi connectivity index (χ2v) is 4.39. The first-order chi connectivity index (χ1) is 8.58. The minimum Gasteiger partial charge on any atom is -0.478 e. The molecule has 0 spiro atoms. The van der Waals surface area contributed by atoms with Crippen molar-refractivity contribution in [2.75, 3.05) is 13.1 Å². The van der Waals surface area contributed by atoms with Crippen molar-refractivity contribution in [1.29, 1.82) is 0 Å². The van der Waals surface area contributed by atoms with Crippen LogP contribution in [0, 0.1) is 10.1 Å². The molecule has 2 rings (SSSR count). The average Bonchev–Trinajstić information content (AvgIpc) is 2.81. The Bertz CT molecular complexity index is 487. The lowest BCUT2D eigenvalue weighted by atomic mass is 10.1. The van der Waals surface area contributed by atoms with Gasteiger partial charge in [-0.2, -0.15) is 0 Å². The quantitative estimate of drug-likeness (QED) is 0.678. The molecule has 7 heteroatoms. The monoisotopic (exact) mass is 286 g/mol. The van der Waals surface area contributed by atoms with Gasteiger partial charge in [0.05, 0.1) is 10.5 Å². The first-order valence-corrected chi connectivity index (χ1v) is 5.81. The number of aromatic carboxylic acids is 1. The lowest BCUT2D eigenvalue weighted by Gasteiger charge is -2.14. The Morgan fingerprint density at radius 3 is 2.53 bits per heavy atom. The molecule has 1 aliphatic rings. The Labute approximate surface area is 116 Å². The molecule has 6 nitrogen and oxygen atoms in total. The van der Waals surface area contributed by atoms with Crippen molar-refractivity contribution < 1.29 is 14.8 Å². The second kappa shape index (κ2) is 6.49. The SMILES string of the molecule is Cl.O=C(O)c1ccc(CN2CCCC2)c([N+](=O)[O-])c1. The summed E-state index contributed by atoms with van der Waals surface area (Å²) in [4.78, 5) is 23.4. The molecule has 0 unspecified atom stereocenters. The van der Waals surface area contributed by atoms with Crippen LogP contribution in [0.4, 0.5) is 5.69 Å². The minimum atomic E-state index is -1.15. The van der Waals surface area contributed by atoms with E-state index in [2.05, 4.69) is 4.90 Å². The second-order valence-electron chi connectivity index (χ2n) is 4.39. The summed E-state index contributed by atoms with van der Waals surface area (Å²) in [5, 5.41) is 19.8. The maximum absolute atomic E-state index is 11.0. The van der Waals surface area contributed by atoms with Gasteiger partial charge in [0.25, 0.3) is 5.69 Å². The number of carboxylic acid groups (broad SMARTS) is 1. The van der Waals surface area contributed by atoms with Crippen LogP contribution in [-0.2, 0) is 6.54 Å². The topological polar surface area (TPSA) is 83.7 Å². The third kappa shape index (κ3) is 3.65. The van der Waals surface area contributed by atoms with Gasteiger partial charge in [-0.1, -0.05) is 6.07 Å². The molecule has 0 bridgehead atoms. The number of nitro benzene ring substituents is 1. The van der Waals surface area contributed by atoms with Crippen molar-refractivity contribution in [2.45, 2.75) is 19.4 Å². The number of nitrogens with zero attached hydrogens (tertiary/aromatic N) is 2. The van der Waals surface area contributed by atoms with Crippen molar-refractivity contribution in [3.05, 3.63) is 39.4 Å². The summed E-state index contributed by atoms with van der Waals surface area (Å²) in [5.41, 5.74) is 0.417. The van der Waals surface area contributed by atoms with Crippen LogP contribution in [0.3, 0.4) is 0 Å². The van der Waals surface area contributed by atoms with Gasteiger partial charge in [-0.25, -0.2) is 4.79 Å². The summed E-state index contributed by atoms with van der Waals surface area (Å²) < 4.78 is 0. The Hall–Kier alpha value is -1.66. The molecule has 0 aromatic heterocycles. The van der Waals surface area contributed by atoms with Gasteiger partial charge in [0.2, 0.25) is 0 Å². The highest BCUT2D eigenvalue weighted by Gasteiger charge is 2.20. The third-order valence-electron chi connectivity index (χ3n) is 3.12. The predicted octanol–water partition coefficient (Wildman–Crippen LogP) is 2.31. The van der Waals surface area contributed by atoms with Crippen LogP contribution in [0.1, 0.15) is 28.8 Å². The maximum atomic E-state index is 11.0. The number of hydrogen-bond acceptors (Lipinski definition) is 4. The van der Waals surface area contributed by atoms with E-state index in [-0.39, 0.29) is 23.7 Å². The highest BCUT2D eigenvalue weighted by Crippen LogP contribution is 2.23. The highest BCUT2D eigenvalue weighted by molar-refractivity contribution is 5.88. The molecule has 1 N–H and O–H groups in total. The van der Waals surface area contributed by atoms with Gasteiger partial charge in [-0.3, -0.25) is 15.0 Å². The molecule has 19 heavy (non-hydrogen) atoms. The summed E-state index contributed by atoms with van der Waals surface area (Å²) in [5.74, 6) is -1.15. The van der Waals surface area contributed by atoms with E-state index in [0.29, 0.717) is 12.1 Å². The number of halogens is 1. The first kappa shape index (κ1) is 15.4. The lowest BCUT2D eigenvalue weighted by Crippen LogP contribution is -2.19. The molecular formula is C12H15ClN2O4. The Morgan fingerprint density at radius 1 is 1.37 bits per heavy atom. The third-order valence-corrected chi connectivity index (χ3v) is 3.12. The van der Waals surface area contributed by atoms with E-state index < -0.39 is 10.9 Å². The maximum Gasteiger partial charge on any atom is 0.335 e. The van der Waals surface area contributed by atoms with E-state index in [1.165, 1.54) is 6.07 Å². The van der Waals surface area contributed by atoms with Gasteiger partial charge in [0.15, 0.2) is 0 Å². The standard InChI is InChI=1S/C12H14N2O4.ClH/c15-12(16)9-3-4-10(11(7-9)14(17)18)8-13-5-1-2-6-13;/h3-4,7H,1-2,5-6,8H2,(H,15,16);1H. The summed E-state index contributed by atoms with van der Waals surface area (Å²) >= 11 is 0. The molecule has 1 aliphatic heterocycles. The van der Waals surface area contributed by atoms with Crippen LogP contribution in [-0.4, -0.2) is 34.0 Å². The molecule has 1 saturated heterocycles. The summed E-state index contributed by atoms with van der Waals surface area (Å²) in [7, 11) is 0. The van der Waals surface area contributed by atoms with Crippen LogP contribution < -0.4 is 0 Å². The number of benzene rings is 1. The van der Waals surface area contributed by atoms with Gasteiger partial charge in [-0.05, 0) is 32.0 Å². The normalized spacial score (nSPS) is 14.9. The van der Waals surface area contributed by atoms with E-state index in [0.717, 1.165) is 32.0 Å². The molecule has 0 aliphatic carbocycles. The lowest BCUT2D eigenvalue weighted by molar-refractivity contribution is -0.385. The summed E-state index contributed by atoms with van der Waals surface area (Å²) in [6, 6.07) is 4.09. The molecule has 0 saturated carbocycles. The average molecular weight is 287 g/mol. The van der Waals surface area contributed by atoms with E-state index in [9.17, 15) is 14.9 Å². The zero-order valence-electron chi connectivity index (χ0n) is 10.2. The summed E-state index contributed by atoms with van der Waals surface area (Å²) in [6.45, 7) is 2.39. The van der Waals surface area contributed by atoms with Crippen LogP contribution in [0.5, 0.6) is 0 Å². The number of rotatable bonds is 4. The number of likely N-dealkylation sites (tertiary alicyclic amines) is 1. The first-order valence-electron chi connectivity index (χ1n) is 5.81. The molecule has 1 aromatic rings. The molecule has 0 radical (unpaired) electrons. The van der Waals surface area contributed by atoms with Crippen molar-refractivity contribution in [3.8, 4) is 0 Å². The molecule has 1 heterocycles. The van der Waals surface area contributed by atoms with E-state index in [1.54, 1.807) is 6.07 Å². The number of carboxylic acids is 1. The molecule has 0 amide bonds. The molecule has 0 atom stereocenters. The highest BCUT2D eigenvalue weighted by atomic mass is 35.5. The van der Waals surface area contributed by atoms with E-state index in [4.69, 9.17) is 5.11 Å². The van der Waals surface area contributed by atoms with E-state index in [1.807, 2.05) is 0 Å². The van der Waals surface area contributed by atoms with Gasteiger partial charge in [0, 0.05) is 18.2 Å².